The number of anilines is 1. The molecule has 134 valence electrons. The van der Waals surface area contributed by atoms with E-state index in [1.165, 1.54) is 25.3 Å². The first-order valence-corrected chi connectivity index (χ1v) is 7.42. The predicted molar refractivity (Wildman–Crippen MR) is 81.1 cm³/mol. The third-order valence-corrected chi connectivity index (χ3v) is 3.04. The zero-order valence-electron chi connectivity index (χ0n) is 13.7. The summed E-state index contributed by atoms with van der Waals surface area (Å²) >= 11 is 0. The summed E-state index contributed by atoms with van der Waals surface area (Å²) in [6.45, 7) is 4.44. The van der Waals surface area contributed by atoms with E-state index in [9.17, 15) is 22.8 Å². The fourth-order valence-electron chi connectivity index (χ4n) is 1.86. The topological polar surface area (TPSA) is 80.3 Å². The van der Waals surface area contributed by atoms with Crippen molar-refractivity contribution in [1.82, 2.24) is 10.3 Å². The summed E-state index contributed by atoms with van der Waals surface area (Å²) in [6.07, 6.45) is -3.65. The molecule has 1 rings (SSSR count). The number of pyridine rings is 1. The maximum Gasteiger partial charge on any atom is 0.441 e. The highest BCUT2D eigenvalue weighted by molar-refractivity contribution is 5.91. The van der Waals surface area contributed by atoms with Crippen LogP contribution in [0.15, 0.2) is 18.3 Å². The minimum atomic E-state index is -5.14. The molecule has 0 unspecified atom stereocenters. The van der Waals surface area contributed by atoms with Gasteiger partial charge in [0.1, 0.15) is 5.82 Å². The second-order valence-corrected chi connectivity index (χ2v) is 5.11. The number of rotatable bonds is 7. The minimum Gasteiger partial charge on any atom is -0.463 e. The number of hydrogen-bond acceptors (Lipinski definition) is 5. The Balaban J connectivity index is 3.30. The second kappa shape index (κ2) is 7.98. The van der Waals surface area contributed by atoms with Crippen LogP contribution in [-0.4, -0.2) is 35.3 Å². The van der Waals surface area contributed by atoms with Gasteiger partial charge in [0.15, 0.2) is 0 Å². The molecule has 9 heteroatoms. The lowest BCUT2D eigenvalue weighted by atomic mass is 10.1. The summed E-state index contributed by atoms with van der Waals surface area (Å²) in [7, 11) is 0. The molecular formula is C15H20F3N3O3. The Morgan fingerprint density at radius 2 is 1.92 bits per heavy atom. The largest absolute Gasteiger partial charge is 0.463 e. The van der Waals surface area contributed by atoms with Crippen LogP contribution in [-0.2, 0) is 14.3 Å². The lowest BCUT2D eigenvalue weighted by Crippen LogP contribution is -2.69. The van der Waals surface area contributed by atoms with Gasteiger partial charge in [-0.3, -0.25) is 4.79 Å². The molecule has 1 aromatic rings. The van der Waals surface area contributed by atoms with Crippen LogP contribution in [0.4, 0.5) is 19.0 Å². The van der Waals surface area contributed by atoms with E-state index in [0.717, 1.165) is 5.56 Å². The number of nitrogens with one attached hydrogen (secondary N) is 2. The molecule has 0 saturated carbocycles. The summed E-state index contributed by atoms with van der Waals surface area (Å²) in [5, 5.41) is 3.72. The predicted octanol–water partition coefficient (Wildman–Crippen LogP) is 2.54. The smallest absolute Gasteiger partial charge is 0.441 e. The van der Waals surface area contributed by atoms with Gasteiger partial charge >= 0.3 is 17.8 Å². The number of nitrogens with zero attached hydrogens (tertiary/aromatic N) is 1. The van der Waals surface area contributed by atoms with E-state index < -0.39 is 23.7 Å². The number of amides is 1. The van der Waals surface area contributed by atoms with Crippen molar-refractivity contribution < 1.29 is 27.5 Å². The number of carbonyl (C=O) groups is 2. The lowest BCUT2D eigenvalue weighted by Gasteiger charge is -2.35. The van der Waals surface area contributed by atoms with Crippen molar-refractivity contribution in [3.05, 3.63) is 23.9 Å². The lowest BCUT2D eigenvalue weighted by molar-refractivity contribution is -0.208. The Morgan fingerprint density at radius 1 is 1.25 bits per heavy atom. The number of hydrogen-bond donors (Lipinski definition) is 2. The molecule has 0 aliphatic heterocycles. The van der Waals surface area contributed by atoms with Crippen molar-refractivity contribution >= 4 is 17.7 Å². The third kappa shape index (κ3) is 4.59. The molecule has 0 spiro atoms. The number of aryl methyl sites for hydroxylation is 1. The number of carbonyl (C=O) groups excluding carboxylic acids is 2. The van der Waals surface area contributed by atoms with Crippen molar-refractivity contribution in [2.75, 3.05) is 11.9 Å². The highest BCUT2D eigenvalue weighted by Crippen LogP contribution is 2.33. The summed E-state index contributed by atoms with van der Waals surface area (Å²) in [6, 6.07) is 2.80. The molecule has 1 aromatic heterocycles. The molecule has 0 saturated heterocycles. The molecule has 0 aliphatic carbocycles. The molecule has 1 atom stereocenters. The van der Waals surface area contributed by atoms with Gasteiger partial charge in [0.2, 0.25) is 5.91 Å². The SMILES string of the molecule is CCCC(=O)N[C@](Nc1ccc(C)cn1)(C(=O)OCC)C(F)(F)F. The number of aromatic nitrogens is 1. The van der Waals surface area contributed by atoms with E-state index in [4.69, 9.17) is 0 Å². The van der Waals surface area contributed by atoms with Crippen molar-refractivity contribution in [3.8, 4) is 0 Å². The zero-order valence-corrected chi connectivity index (χ0v) is 13.7. The molecule has 0 aromatic carbocycles. The molecule has 0 aliphatic rings. The summed E-state index contributed by atoms with van der Waals surface area (Å²) in [5.41, 5.74) is -2.68. The molecular weight excluding hydrogens is 327 g/mol. The number of ether oxygens (including phenoxy) is 1. The molecule has 24 heavy (non-hydrogen) atoms. The van der Waals surface area contributed by atoms with E-state index in [-0.39, 0.29) is 18.8 Å². The van der Waals surface area contributed by atoms with Crippen LogP contribution >= 0.6 is 0 Å². The van der Waals surface area contributed by atoms with Crippen LogP contribution in [0.2, 0.25) is 0 Å². The second-order valence-electron chi connectivity index (χ2n) is 5.11. The van der Waals surface area contributed by atoms with Gasteiger partial charge in [-0.15, -0.1) is 0 Å². The molecule has 0 fully saturated rings. The van der Waals surface area contributed by atoms with Crippen LogP contribution in [0.1, 0.15) is 32.3 Å². The molecule has 0 radical (unpaired) electrons. The fourth-order valence-corrected chi connectivity index (χ4v) is 1.86. The highest BCUT2D eigenvalue weighted by Gasteiger charge is 2.63. The highest BCUT2D eigenvalue weighted by atomic mass is 19.4. The monoisotopic (exact) mass is 347 g/mol. The standard InChI is InChI=1S/C15H20F3N3O3/c1-4-6-12(22)21-14(15(16,17)18,13(23)24-5-2)20-11-8-7-10(3)9-19-11/h7-9H,4-6H2,1-3H3,(H,19,20)(H,21,22)/t14-/m1/s1. The van der Waals surface area contributed by atoms with Gasteiger partial charge in [0.25, 0.3) is 0 Å². The average molecular weight is 347 g/mol. The number of halogens is 3. The Kier molecular flexibility index (Phi) is 6.56. The molecule has 0 bridgehead atoms. The quantitative estimate of drug-likeness (QED) is 0.585. The summed E-state index contributed by atoms with van der Waals surface area (Å²) in [5.74, 6) is -2.80. The number of esters is 1. The summed E-state index contributed by atoms with van der Waals surface area (Å²) in [4.78, 5) is 27.7. The first kappa shape index (κ1) is 19.7. The maximum absolute atomic E-state index is 13.7. The zero-order chi connectivity index (χ0) is 18.4. The van der Waals surface area contributed by atoms with E-state index in [0.29, 0.717) is 6.42 Å². The Labute approximate surface area is 137 Å². The maximum atomic E-state index is 13.7. The number of alkyl halides is 3. The van der Waals surface area contributed by atoms with Crippen LogP contribution in [0.25, 0.3) is 0 Å². The van der Waals surface area contributed by atoms with Crippen molar-refractivity contribution in [2.45, 2.75) is 45.5 Å². The summed E-state index contributed by atoms with van der Waals surface area (Å²) < 4.78 is 45.7. The Morgan fingerprint density at radius 3 is 2.38 bits per heavy atom. The van der Waals surface area contributed by atoms with E-state index in [2.05, 4.69) is 9.72 Å². The van der Waals surface area contributed by atoms with Crippen LogP contribution in [0.5, 0.6) is 0 Å². The molecule has 6 nitrogen and oxygen atoms in total. The Bertz CT molecular complexity index is 576. The molecule has 2 N–H and O–H groups in total. The Hall–Kier alpha value is -2.32. The first-order chi connectivity index (χ1) is 11.2. The van der Waals surface area contributed by atoms with Crippen LogP contribution in [0, 0.1) is 6.92 Å². The third-order valence-electron chi connectivity index (χ3n) is 3.04. The van der Waals surface area contributed by atoms with Crippen molar-refractivity contribution in [3.63, 3.8) is 0 Å². The van der Waals surface area contributed by atoms with Gasteiger partial charge in [-0.25, -0.2) is 9.78 Å². The van der Waals surface area contributed by atoms with E-state index >= 15 is 0 Å². The van der Waals surface area contributed by atoms with Crippen LogP contribution in [0.3, 0.4) is 0 Å². The van der Waals surface area contributed by atoms with Gasteiger partial charge in [0.05, 0.1) is 6.61 Å². The van der Waals surface area contributed by atoms with Gasteiger partial charge < -0.3 is 15.4 Å². The van der Waals surface area contributed by atoms with E-state index in [1.807, 2.05) is 5.32 Å². The fraction of sp³-hybridized carbons (Fsp3) is 0.533. The van der Waals surface area contributed by atoms with Gasteiger partial charge in [-0.2, -0.15) is 13.2 Å². The van der Waals surface area contributed by atoms with Gasteiger partial charge in [-0.05, 0) is 31.9 Å². The first-order valence-electron chi connectivity index (χ1n) is 7.42. The molecule has 1 amide bonds. The van der Waals surface area contributed by atoms with E-state index in [1.54, 1.807) is 19.2 Å². The molecule has 1 heterocycles. The van der Waals surface area contributed by atoms with Crippen molar-refractivity contribution in [2.24, 2.45) is 0 Å². The average Bonchev–Trinajstić information content (AvgIpc) is 2.48. The van der Waals surface area contributed by atoms with Crippen molar-refractivity contribution in [1.29, 1.82) is 0 Å². The minimum absolute atomic E-state index is 0.166. The van der Waals surface area contributed by atoms with Gasteiger partial charge in [0, 0.05) is 12.6 Å². The van der Waals surface area contributed by atoms with Gasteiger partial charge in [-0.1, -0.05) is 13.0 Å². The van der Waals surface area contributed by atoms with Crippen LogP contribution < -0.4 is 10.6 Å². The normalized spacial score (nSPS) is 13.8.